The maximum Gasteiger partial charge on any atom is 0.251 e. The Morgan fingerprint density at radius 3 is 2.84 bits per heavy atom. The number of rotatable bonds is 4. The molecule has 0 radical (unpaired) electrons. The van der Waals surface area contributed by atoms with E-state index in [4.69, 9.17) is 4.42 Å². The van der Waals surface area contributed by atoms with Gasteiger partial charge in [-0.25, -0.2) is 4.39 Å². The second-order valence-corrected chi connectivity index (χ2v) is 4.44. The lowest BCUT2D eigenvalue weighted by molar-refractivity contribution is 0.0330. The zero-order valence-electron chi connectivity index (χ0n) is 10.4. The summed E-state index contributed by atoms with van der Waals surface area (Å²) in [5.74, 6) is -0.580. The zero-order valence-corrected chi connectivity index (χ0v) is 10.4. The highest BCUT2D eigenvalue weighted by Crippen LogP contribution is 2.19. The Hall–Kier alpha value is -2.14. The van der Waals surface area contributed by atoms with Crippen molar-refractivity contribution in [2.24, 2.45) is 0 Å². The van der Waals surface area contributed by atoms with Crippen molar-refractivity contribution in [1.29, 1.82) is 0 Å². The minimum absolute atomic E-state index is 0.0319. The van der Waals surface area contributed by atoms with Gasteiger partial charge in [0.15, 0.2) is 0 Å². The highest BCUT2D eigenvalue weighted by Gasteiger charge is 2.26. The number of furan rings is 1. The summed E-state index contributed by atoms with van der Waals surface area (Å²) in [6, 6.07) is 8.62. The average molecular weight is 263 g/mol. The van der Waals surface area contributed by atoms with Gasteiger partial charge >= 0.3 is 0 Å². The Morgan fingerprint density at radius 2 is 2.21 bits per heavy atom. The summed E-state index contributed by atoms with van der Waals surface area (Å²) >= 11 is 0. The highest BCUT2D eigenvalue weighted by atomic mass is 19.1. The van der Waals surface area contributed by atoms with Gasteiger partial charge in [0, 0.05) is 5.56 Å². The number of hydrogen-bond donors (Lipinski definition) is 2. The van der Waals surface area contributed by atoms with Gasteiger partial charge in [-0.2, -0.15) is 0 Å². The van der Waals surface area contributed by atoms with Gasteiger partial charge in [0.2, 0.25) is 0 Å². The van der Waals surface area contributed by atoms with Crippen molar-refractivity contribution >= 4 is 5.91 Å². The normalized spacial score (nSPS) is 13.8. The molecule has 0 aliphatic carbocycles. The van der Waals surface area contributed by atoms with Crippen molar-refractivity contribution in [3.05, 3.63) is 59.8 Å². The minimum atomic E-state index is -1.31. The van der Waals surface area contributed by atoms with Crippen LogP contribution in [0.1, 0.15) is 23.0 Å². The molecule has 100 valence electrons. The average Bonchev–Trinajstić information content (AvgIpc) is 2.90. The molecular formula is C14H14FNO3. The SMILES string of the molecule is CC(O)(CNC(=O)c1cccc(F)c1)c1ccco1. The number of carbonyl (C=O) groups excluding carboxylic acids is 1. The van der Waals surface area contributed by atoms with Crippen molar-refractivity contribution < 1.29 is 18.7 Å². The number of amides is 1. The fraction of sp³-hybridized carbons (Fsp3) is 0.214. The van der Waals surface area contributed by atoms with Gasteiger partial charge in [-0.15, -0.1) is 0 Å². The molecule has 4 nitrogen and oxygen atoms in total. The summed E-state index contributed by atoms with van der Waals surface area (Å²) in [6.45, 7) is 1.49. The predicted octanol–water partition coefficient (Wildman–Crippen LogP) is 2.06. The second kappa shape index (κ2) is 5.24. The standard InChI is InChI=1S/C14H14FNO3/c1-14(18,12-6-3-7-19-12)9-16-13(17)10-4-2-5-11(15)8-10/h2-8,18H,9H2,1H3,(H,16,17). The number of carbonyl (C=O) groups is 1. The smallest absolute Gasteiger partial charge is 0.251 e. The van der Waals surface area contributed by atoms with Gasteiger partial charge in [0.25, 0.3) is 5.91 Å². The first-order valence-electron chi connectivity index (χ1n) is 5.79. The Kier molecular flexibility index (Phi) is 3.66. The summed E-state index contributed by atoms with van der Waals surface area (Å²) in [5, 5.41) is 12.7. The number of benzene rings is 1. The van der Waals surface area contributed by atoms with Gasteiger partial charge in [-0.05, 0) is 37.3 Å². The Bertz CT molecular complexity index is 564. The summed E-state index contributed by atoms with van der Waals surface area (Å²) in [6.07, 6.45) is 1.44. The van der Waals surface area contributed by atoms with Crippen LogP contribution in [0.25, 0.3) is 0 Å². The molecule has 0 fully saturated rings. The van der Waals surface area contributed by atoms with E-state index in [1.165, 1.54) is 31.4 Å². The Morgan fingerprint density at radius 1 is 1.42 bits per heavy atom. The summed E-state index contributed by atoms with van der Waals surface area (Å²) in [4.78, 5) is 11.8. The quantitative estimate of drug-likeness (QED) is 0.887. The molecule has 2 rings (SSSR count). The number of hydrogen-bond acceptors (Lipinski definition) is 3. The molecule has 19 heavy (non-hydrogen) atoms. The van der Waals surface area contributed by atoms with E-state index in [9.17, 15) is 14.3 Å². The third kappa shape index (κ3) is 3.20. The number of nitrogens with one attached hydrogen (secondary N) is 1. The van der Waals surface area contributed by atoms with E-state index >= 15 is 0 Å². The molecule has 0 saturated carbocycles. The molecule has 0 aliphatic heterocycles. The molecule has 1 amide bonds. The molecule has 1 atom stereocenters. The molecular weight excluding hydrogens is 249 g/mol. The first kappa shape index (κ1) is 13.3. The third-order valence-electron chi connectivity index (χ3n) is 2.73. The van der Waals surface area contributed by atoms with Crippen molar-refractivity contribution in [2.45, 2.75) is 12.5 Å². The fourth-order valence-electron chi connectivity index (χ4n) is 1.66. The Balaban J connectivity index is 2.01. The van der Waals surface area contributed by atoms with E-state index in [2.05, 4.69) is 5.32 Å². The van der Waals surface area contributed by atoms with Crippen LogP contribution in [0.5, 0.6) is 0 Å². The van der Waals surface area contributed by atoms with Crippen LogP contribution in [0.2, 0.25) is 0 Å². The van der Waals surface area contributed by atoms with Crippen LogP contribution in [0.4, 0.5) is 4.39 Å². The molecule has 2 N–H and O–H groups in total. The molecule has 0 aliphatic rings. The topological polar surface area (TPSA) is 62.5 Å². The maximum atomic E-state index is 13.0. The largest absolute Gasteiger partial charge is 0.466 e. The lowest BCUT2D eigenvalue weighted by Gasteiger charge is -2.21. The maximum absolute atomic E-state index is 13.0. The van der Waals surface area contributed by atoms with Crippen molar-refractivity contribution in [1.82, 2.24) is 5.32 Å². The van der Waals surface area contributed by atoms with Gasteiger partial charge in [0.1, 0.15) is 17.2 Å². The minimum Gasteiger partial charge on any atom is -0.466 e. The lowest BCUT2D eigenvalue weighted by atomic mass is 10.0. The molecule has 0 spiro atoms. The van der Waals surface area contributed by atoms with E-state index in [0.717, 1.165) is 6.07 Å². The number of halogens is 1. The molecule has 1 aromatic heterocycles. The van der Waals surface area contributed by atoms with E-state index < -0.39 is 17.3 Å². The molecule has 1 aromatic carbocycles. The molecule has 1 heterocycles. The van der Waals surface area contributed by atoms with Crippen LogP contribution in [0.15, 0.2) is 47.1 Å². The monoisotopic (exact) mass is 263 g/mol. The highest BCUT2D eigenvalue weighted by molar-refractivity contribution is 5.94. The van der Waals surface area contributed by atoms with E-state index in [0.29, 0.717) is 5.76 Å². The zero-order chi connectivity index (χ0) is 13.9. The van der Waals surface area contributed by atoms with Gasteiger partial charge in [0.05, 0.1) is 12.8 Å². The van der Waals surface area contributed by atoms with Crippen LogP contribution < -0.4 is 5.32 Å². The van der Waals surface area contributed by atoms with Gasteiger partial charge in [-0.1, -0.05) is 6.07 Å². The van der Waals surface area contributed by atoms with Crippen molar-refractivity contribution in [2.75, 3.05) is 6.54 Å². The van der Waals surface area contributed by atoms with Gasteiger partial charge < -0.3 is 14.8 Å². The van der Waals surface area contributed by atoms with Crippen LogP contribution in [0.3, 0.4) is 0 Å². The first-order chi connectivity index (χ1) is 8.99. The third-order valence-corrected chi connectivity index (χ3v) is 2.73. The van der Waals surface area contributed by atoms with E-state index in [1.807, 2.05) is 0 Å². The molecule has 0 bridgehead atoms. The van der Waals surface area contributed by atoms with Gasteiger partial charge in [-0.3, -0.25) is 4.79 Å². The molecule has 0 saturated heterocycles. The summed E-state index contributed by atoms with van der Waals surface area (Å²) < 4.78 is 18.1. The van der Waals surface area contributed by atoms with E-state index in [1.54, 1.807) is 12.1 Å². The fourth-order valence-corrected chi connectivity index (χ4v) is 1.66. The summed E-state index contributed by atoms with van der Waals surface area (Å²) in [7, 11) is 0. The second-order valence-electron chi connectivity index (χ2n) is 4.44. The lowest BCUT2D eigenvalue weighted by Crippen LogP contribution is -2.38. The summed E-state index contributed by atoms with van der Waals surface area (Å²) in [5.41, 5.74) is -1.11. The van der Waals surface area contributed by atoms with Crippen LogP contribution in [-0.2, 0) is 5.60 Å². The molecule has 5 heteroatoms. The Labute approximate surface area is 109 Å². The first-order valence-corrected chi connectivity index (χ1v) is 5.79. The predicted molar refractivity (Wildman–Crippen MR) is 67.0 cm³/mol. The van der Waals surface area contributed by atoms with Crippen LogP contribution in [-0.4, -0.2) is 17.6 Å². The van der Waals surface area contributed by atoms with Crippen molar-refractivity contribution in [3.63, 3.8) is 0 Å². The number of aliphatic hydroxyl groups is 1. The van der Waals surface area contributed by atoms with Crippen LogP contribution >= 0.6 is 0 Å². The molecule has 2 aromatic rings. The molecule has 1 unspecified atom stereocenters. The van der Waals surface area contributed by atoms with Crippen molar-refractivity contribution in [3.8, 4) is 0 Å². The van der Waals surface area contributed by atoms with E-state index in [-0.39, 0.29) is 12.1 Å². The van der Waals surface area contributed by atoms with Crippen LogP contribution in [0, 0.1) is 5.82 Å².